The number of amides is 1. The Labute approximate surface area is 124 Å². The second kappa shape index (κ2) is 6.33. The fourth-order valence-corrected chi connectivity index (χ4v) is 2.57. The molecule has 0 radical (unpaired) electrons. The lowest BCUT2D eigenvalue weighted by atomic mass is 10.1. The molecule has 1 aromatic carbocycles. The van der Waals surface area contributed by atoms with E-state index in [-0.39, 0.29) is 28.9 Å². The van der Waals surface area contributed by atoms with Crippen molar-refractivity contribution in [1.29, 1.82) is 0 Å². The summed E-state index contributed by atoms with van der Waals surface area (Å²) in [6.45, 7) is 1.86. The summed E-state index contributed by atoms with van der Waals surface area (Å²) in [5.74, 6) is 4.83. The van der Waals surface area contributed by atoms with Crippen molar-refractivity contribution in [2.75, 3.05) is 5.43 Å². The summed E-state index contributed by atoms with van der Waals surface area (Å²) in [7, 11) is 0. The number of nitro groups is 1. The van der Waals surface area contributed by atoms with Gasteiger partial charge in [0.1, 0.15) is 5.69 Å². The van der Waals surface area contributed by atoms with Crippen LogP contribution in [0.25, 0.3) is 0 Å². The molecule has 110 valence electrons. The van der Waals surface area contributed by atoms with Crippen LogP contribution in [0.3, 0.4) is 0 Å². The van der Waals surface area contributed by atoms with Gasteiger partial charge in [-0.3, -0.25) is 20.8 Å². The lowest BCUT2D eigenvalue weighted by Gasteiger charge is -2.12. The van der Waals surface area contributed by atoms with Gasteiger partial charge in [0.25, 0.3) is 11.6 Å². The molecule has 2 aromatic rings. The smallest absolute Gasteiger partial charge is 0.294 e. The highest BCUT2D eigenvalue weighted by Crippen LogP contribution is 2.25. The second-order valence-electron chi connectivity index (χ2n) is 4.34. The van der Waals surface area contributed by atoms with Crippen LogP contribution < -0.4 is 16.6 Å². The van der Waals surface area contributed by atoms with Crippen LogP contribution >= 0.6 is 11.3 Å². The van der Waals surface area contributed by atoms with Crippen molar-refractivity contribution in [3.63, 3.8) is 0 Å². The molecule has 1 amide bonds. The lowest BCUT2D eigenvalue weighted by Crippen LogP contribution is -2.26. The van der Waals surface area contributed by atoms with Crippen LogP contribution in [0.2, 0.25) is 0 Å². The Hall–Kier alpha value is -2.45. The van der Waals surface area contributed by atoms with Gasteiger partial charge in [-0.05, 0) is 30.5 Å². The van der Waals surface area contributed by atoms with Crippen molar-refractivity contribution in [2.45, 2.75) is 13.0 Å². The first-order valence-corrected chi connectivity index (χ1v) is 7.00. The molecule has 2 rings (SSSR count). The van der Waals surface area contributed by atoms with Crippen molar-refractivity contribution >= 4 is 28.6 Å². The number of benzene rings is 1. The van der Waals surface area contributed by atoms with Crippen LogP contribution in [-0.4, -0.2) is 10.8 Å². The third kappa shape index (κ3) is 3.36. The molecule has 0 bridgehead atoms. The van der Waals surface area contributed by atoms with E-state index in [4.69, 9.17) is 5.84 Å². The number of hydrogen-bond donors (Lipinski definition) is 3. The highest BCUT2D eigenvalue weighted by Gasteiger charge is 2.18. The molecule has 1 aromatic heterocycles. The molecule has 0 saturated carbocycles. The molecule has 0 aliphatic heterocycles. The van der Waals surface area contributed by atoms with Gasteiger partial charge in [-0.25, -0.2) is 0 Å². The SMILES string of the molecule is CC(NC(=O)c1ccc(NN)c([N+](=O)[O-])c1)c1cccs1. The molecule has 0 aliphatic rings. The minimum atomic E-state index is -0.589. The standard InChI is InChI=1S/C13H14N4O3S/c1-8(12-3-2-6-21-12)15-13(18)9-4-5-10(16-14)11(7-9)17(19)20/h2-8,16H,14H2,1H3,(H,15,18). The predicted octanol–water partition coefficient (Wildman–Crippen LogP) is 2.43. The van der Waals surface area contributed by atoms with Gasteiger partial charge in [-0.1, -0.05) is 6.07 Å². The first-order chi connectivity index (χ1) is 10.0. The highest BCUT2D eigenvalue weighted by atomic mass is 32.1. The quantitative estimate of drug-likeness (QED) is 0.446. The van der Waals surface area contributed by atoms with Gasteiger partial charge in [0.15, 0.2) is 0 Å². The van der Waals surface area contributed by atoms with Crippen LogP contribution in [0.1, 0.15) is 28.2 Å². The van der Waals surface area contributed by atoms with E-state index in [0.717, 1.165) is 4.88 Å². The maximum atomic E-state index is 12.1. The summed E-state index contributed by atoms with van der Waals surface area (Å²) in [6.07, 6.45) is 0. The van der Waals surface area contributed by atoms with E-state index in [0.29, 0.717) is 0 Å². The molecular weight excluding hydrogens is 292 g/mol. The molecule has 7 nitrogen and oxygen atoms in total. The average Bonchev–Trinajstić information content (AvgIpc) is 3.00. The predicted molar refractivity (Wildman–Crippen MR) is 81.1 cm³/mol. The number of thiophene rings is 1. The number of hydrazine groups is 1. The number of nitrogen functional groups attached to an aromatic ring is 1. The van der Waals surface area contributed by atoms with Crippen molar-refractivity contribution in [2.24, 2.45) is 5.84 Å². The van der Waals surface area contributed by atoms with Gasteiger partial charge in [-0.2, -0.15) is 0 Å². The summed E-state index contributed by atoms with van der Waals surface area (Å²) >= 11 is 1.53. The zero-order valence-electron chi connectivity index (χ0n) is 11.2. The monoisotopic (exact) mass is 306 g/mol. The van der Waals surface area contributed by atoms with E-state index in [1.165, 1.54) is 29.5 Å². The summed E-state index contributed by atoms with van der Waals surface area (Å²) in [5.41, 5.74) is 2.36. The minimum Gasteiger partial charge on any atom is -0.345 e. The number of carbonyl (C=O) groups excluding carboxylic acids is 1. The topological polar surface area (TPSA) is 110 Å². The maximum absolute atomic E-state index is 12.1. The van der Waals surface area contributed by atoms with E-state index >= 15 is 0 Å². The van der Waals surface area contributed by atoms with Gasteiger partial charge in [0.05, 0.1) is 11.0 Å². The summed E-state index contributed by atoms with van der Waals surface area (Å²) in [4.78, 5) is 23.5. The molecule has 0 fully saturated rings. The first-order valence-electron chi connectivity index (χ1n) is 6.12. The first kappa shape index (κ1) is 14.9. The number of nitro benzene ring substituents is 1. The van der Waals surface area contributed by atoms with E-state index in [9.17, 15) is 14.9 Å². The van der Waals surface area contributed by atoms with Crippen LogP contribution in [0.4, 0.5) is 11.4 Å². The number of nitrogens with two attached hydrogens (primary N) is 1. The molecule has 8 heteroatoms. The lowest BCUT2D eigenvalue weighted by molar-refractivity contribution is -0.384. The third-order valence-corrected chi connectivity index (χ3v) is 3.98. The van der Waals surface area contributed by atoms with Crippen molar-refractivity contribution in [3.05, 3.63) is 56.3 Å². The molecule has 0 saturated heterocycles. The Morgan fingerprint density at radius 3 is 2.76 bits per heavy atom. The molecule has 0 spiro atoms. The Balaban J connectivity index is 2.19. The fraction of sp³-hybridized carbons (Fsp3) is 0.154. The number of carbonyl (C=O) groups is 1. The van der Waals surface area contributed by atoms with E-state index in [2.05, 4.69) is 10.7 Å². The largest absolute Gasteiger partial charge is 0.345 e. The molecule has 1 unspecified atom stereocenters. The van der Waals surface area contributed by atoms with Crippen molar-refractivity contribution in [3.8, 4) is 0 Å². The Bertz CT molecular complexity index is 657. The van der Waals surface area contributed by atoms with E-state index < -0.39 is 4.92 Å². The fourth-order valence-electron chi connectivity index (χ4n) is 1.83. The Kier molecular flexibility index (Phi) is 4.51. The van der Waals surface area contributed by atoms with Crippen LogP contribution in [0, 0.1) is 10.1 Å². The summed E-state index contributed by atoms with van der Waals surface area (Å²) in [6, 6.07) is 7.74. The Morgan fingerprint density at radius 1 is 1.43 bits per heavy atom. The van der Waals surface area contributed by atoms with Gasteiger partial charge in [0.2, 0.25) is 0 Å². The van der Waals surface area contributed by atoms with Crippen LogP contribution in [-0.2, 0) is 0 Å². The van der Waals surface area contributed by atoms with E-state index in [1.807, 2.05) is 24.4 Å². The number of nitrogens with one attached hydrogen (secondary N) is 2. The van der Waals surface area contributed by atoms with Gasteiger partial charge >= 0.3 is 0 Å². The van der Waals surface area contributed by atoms with Gasteiger partial charge in [0, 0.05) is 16.5 Å². The molecule has 0 aliphatic carbocycles. The van der Waals surface area contributed by atoms with Crippen molar-refractivity contribution in [1.82, 2.24) is 5.32 Å². The molecule has 1 atom stereocenters. The molecule has 1 heterocycles. The molecule has 4 N–H and O–H groups in total. The van der Waals surface area contributed by atoms with Gasteiger partial charge in [-0.15, -0.1) is 11.3 Å². The average molecular weight is 306 g/mol. The highest BCUT2D eigenvalue weighted by molar-refractivity contribution is 7.10. The Morgan fingerprint density at radius 2 is 2.19 bits per heavy atom. The number of nitrogens with zero attached hydrogens (tertiary/aromatic N) is 1. The van der Waals surface area contributed by atoms with E-state index in [1.54, 1.807) is 0 Å². The normalized spacial score (nSPS) is 11.7. The number of rotatable bonds is 5. The summed E-state index contributed by atoms with van der Waals surface area (Å²) < 4.78 is 0. The van der Waals surface area contributed by atoms with Gasteiger partial charge < -0.3 is 10.7 Å². The maximum Gasteiger partial charge on any atom is 0.294 e. The van der Waals surface area contributed by atoms with Crippen LogP contribution in [0.15, 0.2) is 35.7 Å². The zero-order chi connectivity index (χ0) is 15.4. The molecule has 21 heavy (non-hydrogen) atoms. The zero-order valence-corrected chi connectivity index (χ0v) is 12.0. The van der Waals surface area contributed by atoms with Crippen molar-refractivity contribution < 1.29 is 9.72 Å². The summed E-state index contributed by atoms with van der Waals surface area (Å²) in [5, 5.41) is 15.7. The number of anilines is 1. The minimum absolute atomic E-state index is 0.155. The van der Waals surface area contributed by atoms with Crippen LogP contribution in [0.5, 0.6) is 0 Å². The molecular formula is C13H14N4O3S. The number of hydrogen-bond acceptors (Lipinski definition) is 6. The third-order valence-electron chi connectivity index (χ3n) is 2.93. The second-order valence-corrected chi connectivity index (χ2v) is 5.32.